The van der Waals surface area contributed by atoms with Crippen LogP contribution in [0.3, 0.4) is 0 Å². The third-order valence-electron chi connectivity index (χ3n) is 8.33. The molecule has 49 heavy (non-hydrogen) atoms. The zero-order chi connectivity index (χ0) is 35.9. The van der Waals surface area contributed by atoms with Gasteiger partial charge in [-0.25, -0.2) is 9.98 Å². The van der Waals surface area contributed by atoms with Crippen molar-refractivity contribution in [1.29, 1.82) is 0 Å². The highest BCUT2D eigenvalue weighted by Crippen LogP contribution is 2.62. The number of aliphatic imine (C=N–C) groups is 2. The monoisotopic (exact) mass is 720 g/mol. The fourth-order valence-electron chi connectivity index (χ4n) is 6.54. The fraction of sp³-hybridized carbons (Fsp3) is 0.622. The Bertz CT molecular complexity index is 1390. The minimum Gasteiger partial charge on any atom is -0.480 e. The molecule has 0 saturated heterocycles. The zero-order valence-corrected chi connectivity index (χ0v) is 32.4. The van der Waals surface area contributed by atoms with Crippen LogP contribution in [0.25, 0.3) is 0 Å². The molecule has 0 aromatic heterocycles. The van der Waals surface area contributed by atoms with Gasteiger partial charge in [-0.05, 0) is 77.3 Å². The van der Waals surface area contributed by atoms with Crippen LogP contribution >= 0.6 is 15.2 Å². The Morgan fingerprint density at radius 2 is 1.06 bits per heavy atom. The van der Waals surface area contributed by atoms with Gasteiger partial charge in [0, 0.05) is 5.92 Å². The molecule has 0 fully saturated rings. The summed E-state index contributed by atoms with van der Waals surface area (Å²) in [5, 5.41) is 0. The molecular weight excluding hydrogens is 662 g/mol. The van der Waals surface area contributed by atoms with Crippen molar-refractivity contribution in [3.63, 3.8) is 0 Å². The van der Waals surface area contributed by atoms with E-state index in [9.17, 15) is 4.57 Å². The normalized spacial score (nSPS) is 18.8. The largest absolute Gasteiger partial charge is 0.480 e. The van der Waals surface area contributed by atoms with Crippen molar-refractivity contribution in [2.45, 2.75) is 86.0 Å². The predicted molar refractivity (Wildman–Crippen MR) is 198 cm³/mol. The standard InChI is InChI=1S/C37H58N2O8P2/c1-9-42-36-33(28(7)8)38-37(43-10-2)34(39-36)32(26-30-23-19-16-20-24-30)35(49(41,46-13-5)47-14-6)31(25-29-21-17-15-18-22-29)27-48(40,44-11-3)45-12-4/h15-24,28,31-35H,9-14,25-27H2,1-8H3/t31?,32?,33-,34?,35?/m0/s1. The van der Waals surface area contributed by atoms with E-state index in [1.54, 1.807) is 27.7 Å². The molecule has 2 aromatic rings. The average molecular weight is 721 g/mol. The second kappa shape index (κ2) is 20.5. The van der Waals surface area contributed by atoms with Crippen LogP contribution < -0.4 is 0 Å². The molecule has 0 saturated carbocycles. The lowest BCUT2D eigenvalue weighted by atomic mass is 9.81. The van der Waals surface area contributed by atoms with Gasteiger partial charge >= 0.3 is 15.2 Å². The van der Waals surface area contributed by atoms with Gasteiger partial charge in [-0.2, -0.15) is 0 Å². The van der Waals surface area contributed by atoms with Crippen molar-refractivity contribution >= 4 is 27.0 Å². The molecule has 1 aliphatic heterocycles. The van der Waals surface area contributed by atoms with Crippen LogP contribution in [0.1, 0.15) is 66.5 Å². The van der Waals surface area contributed by atoms with Gasteiger partial charge in [0.25, 0.3) is 0 Å². The van der Waals surface area contributed by atoms with Crippen LogP contribution in [-0.2, 0) is 49.5 Å². The van der Waals surface area contributed by atoms with Crippen molar-refractivity contribution in [1.82, 2.24) is 0 Å². The Labute approximate surface area is 294 Å². The Balaban J connectivity index is 2.41. The van der Waals surface area contributed by atoms with Crippen molar-refractivity contribution in [3.05, 3.63) is 71.8 Å². The third-order valence-corrected chi connectivity index (χ3v) is 13.3. The predicted octanol–water partition coefficient (Wildman–Crippen LogP) is 8.88. The Kier molecular flexibility index (Phi) is 17.2. The molecule has 4 unspecified atom stereocenters. The minimum atomic E-state index is -3.97. The maximum absolute atomic E-state index is 15.5. The number of ether oxygens (including phenoxy) is 2. The second-order valence-electron chi connectivity index (χ2n) is 12.2. The first-order valence-electron chi connectivity index (χ1n) is 17.8. The van der Waals surface area contributed by atoms with Gasteiger partial charge in [0.1, 0.15) is 12.1 Å². The summed E-state index contributed by atoms with van der Waals surface area (Å²) in [6.45, 7) is 16.7. The highest BCUT2D eigenvalue weighted by atomic mass is 31.2. The number of hydrogen-bond donors (Lipinski definition) is 0. The summed E-state index contributed by atoms with van der Waals surface area (Å²) in [5.74, 6) is -0.0473. The van der Waals surface area contributed by atoms with Crippen LogP contribution in [0.5, 0.6) is 0 Å². The molecule has 1 heterocycles. The second-order valence-corrected chi connectivity index (χ2v) is 16.5. The van der Waals surface area contributed by atoms with Crippen molar-refractivity contribution in [2.24, 2.45) is 27.7 Å². The van der Waals surface area contributed by atoms with E-state index < -0.39 is 38.7 Å². The molecule has 0 radical (unpaired) electrons. The minimum absolute atomic E-state index is 0.00580. The summed E-state index contributed by atoms with van der Waals surface area (Å²) >= 11 is 0. The summed E-state index contributed by atoms with van der Waals surface area (Å²) in [6, 6.07) is 18.9. The van der Waals surface area contributed by atoms with Crippen molar-refractivity contribution < 1.29 is 36.7 Å². The van der Waals surface area contributed by atoms with E-state index in [1.807, 2.05) is 74.5 Å². The van der Waals surface area contributed by atoms with E-state index in [0.29, 0.717) is 37.9 Å². The van der Waals surface area contributed by atoms with Crippen LogP contribution in [0.15, 0.2) is 70.6 Å². The van der Waals surface area contributed by atoms with E-state index in [2.05, 4.69) is 13.8 Å². The first-order valence-corrected chi connectivity index (χ1v) is 21.2. The molecule has 0 aliphatic carbocycles. The van der Waals surface area contributed by atoms with Gasteiger partial charge in [-0.15, -0.1) is 0 Å². The zero-order valence-electron chi connectivity index (χ0n) is 30.7. The molecule has 0 bridgehead atoms. The summed E-state index contributed by atoms with van der Waals surface area (Å²) < 4.78 is 66.6. The summed E-state index contributed by atoms with van der Waals surface area (Å²) in [6.07, 6.45) is 0.838. The Hall–Kier alpha value is -2.32. The molecule has 0 amide bonds. The Morgan fingerprint density at radius 3 is 1.51 bits per heavy atom. The van der Waals surface area contributed by atoms with E-state index in [4.69, 9.17) is 37.6 Å². The third kappa shape index (κ3) is 11.6. The first kappa shape index (κ1) is 41.1. The molecule has 5 atom stereocenters. The highest BCUT2D eigenvalue weighted by molar-refractivity contribution is 7.55. The molecule has 1 aliphatic rings. The van der Waals surface area contributed by atoms with E-state index in [-0.39, 0.29) is 44.5 Å². The number of benzene rings is 2. The van der Waals surface area contributed by atoms with Gasteiger partial charge in [0.05, 0.1) is 51.5 Å². The van der Waals surface area contributed by atoms with Crippen molar-refractivity contribution in [2.75, 3.05) is 45.8 Å². The summed E-state index contributed by atoms with van der Waals surface area (Å²) in [7, 11) is -7.64. The number of hydrogen-bond acceptors (Lipinski definition) is 10. The van der Waals surface area contributed by atoms with Crippen molar-refractivity contribution in [3.8, 4) is 0 Å². The highest BCUT2D eigenvalue weighted by Gasteiger charge is 2.52. The fourth-order valence-corrected chi connectivity index (χ4v) is 11.3. The number of rotatable bonds is 21. The van der Waals surface area contributed by atoms with E-state index >= 15 is 4.57 Å². The van der Waals surface area contributed by atoms with Crippen LogP contribution in [0.4, 0.5) is 0 Å². The Morgan fingerprint density at radius 1 is 0.612 bits per heavy atom. The van der Waals surface area contributed by atoms with Gasteiger partial charge in [0.2, 0.25) is 11.8 Å². The lowest BCUT2D eigenvalue weighted by molar-refractivity contribution is 0.179. The lowest BCUT2D eigenvalue weighted by Gasteiger charge is -2.42. The van der Waals surface area contributed by atoms with Crippen LogP contribution in [-0.4, -0.2) is 75.3 Å². The lowest BCUT2D eigenvalue weighted by Crippen LogP contribution is -2.48. The average Bonchev–Trinajstić information content (AvgIpc) is 3.06. The molecule has 2 aromatic carbocycles. The maximum atomic E-state index is 15.5. The molecular formula is C37H58N2O8P2. The quantitative estimate of drug-likeness (QED) is 0.118. The van der Waals surface area contributed by atoms with E-state index in [1.165, 1.54) is 0 Å². The summed E-state index contributed by atoms with van der Waals surface area (Å²) in [4.78, 5) is 10.4. The van der Waals surface area contributed by atoms with Gasteiger partial charge in [-0.1, -0.05) is 74.5 Å². The van der Waals surface area contributed by atoms with Gasteiger partial charge in [-0.3, -0.25) is 9.13 Å². The SMILES string of the molecule is CCOC1=N[C@@H](C(C)C)C(OCC)=NC1C(Cc1ccccc1)C(C(Cc1ccccc1)CP(=O)(OCC)OCC)P(=O)(OCC)OCC. The topological polar surface area (TPSA) is 114 Å². The first-order chi connectivity index (χ1) is 23.6. The molecule has 0 N–H and O–H groups in total. The molecule has 3 rings (SSSR count). The molecule has 0 spiro atoms. The number of nitrogens with zero attached hydrogens (tertiary/aromatic N) is 2. The molecule has 274 valence electrons. The molecule has 12 heteroatoms. The van der Waals surface area contributed by atoms with Gasteiger partial charge < -0.3 is 27.6 Å². The van der Waals surface area contributed by atoms with E-state index in [0.717, 1.165) is 11.1 Å². The summed E-state index contributed by atoms with van der Waals surface area (Å²) in [5.41, 5.74) is 1.15. The van der Waals surface area contributed by atoms with Crippen LogP contribution in [0.2, 0.25) is 0 Å². The molecule has 10 nitrogen and oxygen atoms in total. The maximum Gasteiger partial charge on any atom is 0.334 e. The van der Waals surface area contributed by atoms with Crippen LogP contribution in [0, 0.1) is 17.8 Å². The van der Waals surface area contributed by atoms with Gasteiger partial charge in [0.15, 0.2) is 0 Å². The smallest absolute Gasteiger partial charge is 0.334 e.